The average molecular weight is 321 g/mol. The van der Waals surface area contributed by atoms with Crippen molar-refractivity contribution < 1.29 is 14.3 Å². The summed E-state index contributed by atoms with van der Waals surface area (Å²) in [4.78, 5) is 16.4. The minimum Gasteiger partial charge on any atom is -0.497 e. The van der Waals surface area contributed by atoms with Crippen molar-refractivity contribution in [3.05, 3.63) is 29.3 Å². The molecule has 0 radical (unpaired) electrons. The summed E-state index contributed by atoms with van der Waals surface area (Å²) < 4.78 is 10.5. The largest absolute Gasteiger partial charge is 0.497 e. The van der Waals surface area contributed by atoms with Crippen molar-refractivity contribution in [1.29, 1.82) is 0 Å². The van der Waals surface area contributed by atoms with Gasteiger partial charge < -0.3 is 20.1 Å². The molecule has 0 saturated carbocycles. The number of anilines is 2. The molecule has 0 bridgehead atoms. The van der Waals surface area contributed by atoms with E-state index in [0.717, 1.165) is 5.69 Å². The number of aryl methyl sites for hydroxylation is 1. The molecule has 2 rings (SSSR count). The SMILES string of the molecule is COc1ccc(OC)c(N[C@H](C)C(=O)Nc2nc(C)cs2)c1. The number of benzene rings is 1. The Morgan fingerprint density at radius 3 is 2.68 bits per heavy atom. The van der Waals surface area contributed by atoms with Gasteiger partial charge in [0.15, 0.2) is 5.13 Å². The van der Waals surface area contributed by atoms with Crippen LogP contribution in [-0.2, 0) is 4.79 Å². The number of thiazole rings is 1. The maximum Gasteiger partial charge on any atom is 0.248 e. The molecule has 0 aliphatic rings. The molecule has 0 saturated heterocycles. The van der Waals surface area contributed by atoms with Gasteiger partial charge in [-0.05, 0) is 26.0 Å². The summed E-state index contributed by atoms with van der Waals surface area (Å²) in [5.74, 6) is 1.16. The van der Waals surface area contributed by atoms with Crippen molar-refractivity contribution in [2.24, 2.45) is 0 Å². The quantitative estimate of drug-likeness (QED) is 0.856. The van der Waals surface area contributed by atoms with Gasteiger partial charge >= 0.3 is 0 Å². The standard InChI is InChI=1S/C15H19N3O3S/c1-9-8-22-15(16-9)18-14(19)10(2)17-12-7-11(20-3)5-6-13(12)21-4/h5-8,10,17H,1-4H3,(H,16,18,19)/t10-/m1/s1. The second kappa shape index (κ2) is 7.13. The van der Waals surface area contributed by atoms with Gasteiger partial charge in [-0.2, -0.15) is 0 Å². The van der Waals surface area contributed by atoms with Crippen LogP contribution in [0.1, 0.15) is 12.6 Å². The molecule has 0 aliphatic carbocycles. The van der Waals surface area contributed by atoms with Gasteiger partial charge in [0.05, 0.1) is 25.6 Å². The van der Waals surface area contributed by atoms with E-state index in [-0.39, 0.29) is 5.91 Å². The van der Waals surface area contributed by atoms with E-state index in [4.69, 9.17) is 9.47 Å². The number of methoxy groups -OCH3 is 2. The van der Waals surface area contributed by atoms with E-state index in [0.29, 0.717) is 22.3 Å². The molecule has 1 amide bonds. The Bertz CT molecular complexity index is 657. The van der Waals surface area contributed by atoms with E-state index >= 15 is 0 Å². The van der Waals surface area contributed by atoms with Gasteiger partial charge in [-0.1, -0.05) is 0 Å². The summed E-state index contributed by atoms with van der Waals surface area (Å²) in [6.07, 6.45) is 0. The predicted molar refractivity (Wildman–Crippen MR) is 88.1 cm³/mol. The summed E-state index contributed by atoms with van der Waals surface area (Å²) in [7, 11) is 3.17. The van der Waals surface area contributed by atoms with Crippen LogP contribution in [0.4, 0.5) is 10.8 Å². The van der Waals surface area contributed by atoms with Crippen molar-refractivity contribution in [2.45, 2.75) is 19.9 Å². The first-order valence-corrected chi connectivity index (χ1v) is 7.63. The van der Waals surface area contributed by atoms with Crippen LogP contribution in [0.5, 0.6) is 11.5 Å². The lowest BCUT2D eigenvalue weighted by molar-refractivity contribution is -0.116. The predicted octanol–water partition coefficient (Wildman–Crippen LogP) is 2.91. The fourth-order valence-electron chi connectivity index (χ4n) is 1.85. The zero-order chi connectivity index (χ0) is 16.1. The minimum atomic E-state index is -0.454. The Balaban J connectivity index is 2.07. The molecule has 22 heavy (non-hydrogen) atoms. The monoisotopic (exact) mass is 321 g/mol. The minimum absolute atomic E-state index is 0.167. The molecule has 1 heterocycles. The lowest BCUT2D eigenvalue weighted by Crippen LogP contribution is -2.32. The number of hydrogen-bond donors (Lipinski definition) is 2. The molecule has 1 aromatic heterocycles. The first kappa shape index (κ1) is 16.1. The molecule has 118 valence electrons. The Kier molecular flexibility index (Phi) is 5.21. The topological polar surface area (TPSA) is 72.5 Å². The van der Waals surface area contributed by atoms with Gasteiger partial charge in [0.1, 0.15) is 17.5 Å². The van der Waals surface area contributed by atoms with Crippen LogP contribution in [0.25, 0.3) is 0 Å². The third-order valence-electron chi connectivity index (χ3n) is 3.02. The highest BCUT2D eigenvalue weighted by Gasteiger charge is 2.16. The van der Waals surface area contributed by atoms with Crippen molar-refractivity contribution >= 4 is 28.1 Å². The number of nitrogens with one attached hydrogen (secondary N) is 2. The number of nitrogens with zero attached hydrogens (tertiary/aromatic N) is 1. The summed E-state index contributed by atoms with van der Waals surface area (Å²) in [6.45, 7) is 3.66. The fourth-order valence-corrected chi connectivity index (χ4v) is 2.54. The van der Waals surface area contributed by atoms with Crippen LogP contribution in [0, 0.1) is 6.92 Å². The van der Waals surface area contributed by atoms with Gasteiger partial charge in [0.25, 0.3) is 0 Å². The van der Waals surface area contributed by atoms with Crippen molar-refractivity contribution in [2.75, 3.05) is 24.9 Å². The van der Waals surface area contributed by atoms with Crippen LogP contribution in [0.3, 0.4) is 0 Å². The number of aromatic nitrogens is 1. The second-order valence-corrected chi connectivity index (χ2v) is 5.57. The number of carbonyl (C=O) groups excluding carboxylic acids is 1. The molecular weight excluding hydrogens is 302 g/mol. The summed E-state index contributed by atoms with van der Waals surface area (Å²) in [5.41, 5.74) is 1.58. The third kappa shape index (κ3) is 3.88. The third-order valence-corrected chi connectivity index (χ3v) is 3.90. The maximum atomic E-state index is 12.2. The lowest BCUT2D eigenvalue weighted by Gasteiger charge is -2.17. The van der Waals surface area contributed by atoms with Crippen LogP contribution in [0.2, 0.25) is 0 Å². The lowest BCUT2D eigenvalue weighted by atomic mass is 10.2. The molecular formula is C15H19N3O3S. The van der Waals surface area contributed by atoms with Crippen LogP contribution in [0.15, 0.2) is 23.6 Å². The number of hydrogen-bond acceptors (Lipinski definition) is 6. The Morgan fingerprint density at radius 2 is 2.09 bits per heavy atom. The number of ether oxygens (including phenoxy) is 2. The molecule has 0 unspecified atom stereocenters. The summed E-state index contributed by atoms with van der Waals surface area (Å²) in [5, 5.41) is 8.38. The van der Waals surface area contributed by atoms with Crippen LogP contribution in [-0.4, -0.2) is 31.2 Å². The number of carbonyl (C=O) groups is 1. The van der Waals surface area contributed by atoms with E-state index in [9.17, 15) is 4.79 Å². The fraction of sp³-hybridized carbons (Fsp3) is 0.333. The Labute approximate surface area is 133 Å². The zero-order valence-electron chi connectivity index (χ0n) is 13.0. The summed E-state index contributed by atoms with van der Waals surface area (Å²) >= 11 is 1.40. The van der Waals surface area contributed by atoms with Crippen LogP contribution >= 0.6 is 11.3 Å². The van der Waals surface area contributed by atoms with Crippen molar-refractivity contribution in [3.63, 3.8) is 0 Å². The molecule has 6 nitrogen and oxygen atoms in total. The molecule has 1 atom stereocenters. The van der Waals surface area contributed by atoms with E-state index in [1.54, 1.807) is 39.3 Å². The van der Waals surface area contributed by atoms with Gasteiger partial charge in [0.2, 0.25) is 5.91 Å². The van der Waals surface area contributed by atoms with E-state index in [1.807, 2.05) is 12.3 Å². The molecule has 0 spiro atoms. The zero-order valence-corrected chi connectivity index (χ0v) is 13.8. The molecule has 2 aromatic rings. The van der Waals surface area contributed by atoms with Crippen molar-refractivity contribution in [3.8, 4) is 11.5 Å². The number of amides is 1. The molecule has 0 aliphatic heterocycles. The first-order chi connectivity index (χ1) is 10.5. The Hall–Kier alpha value is -2.28. The highest BCUT2D eigenvalue weighted by molar-refractivity contribution is 7.13. The molecule has 7 heteroatoms. The smallest absolute Gasteiger partial charge is 0.248 e. The molecule has 1 aromatic carbocycles. The van der Waals surface area contributed by atoms with Crippen molar-refractivity contribution in [1.82, 2.24) is 4.98 Å². The highest BCUT2D eigenvalue weighted by Crippen LogP contribution is 2.29. The molecule has 2 N–H and O–H groups in total. The van der Waals surface area contributed by atoms with Gasteiger partial charge in [-0.15, -0.1) is 11.3 Å². The van der Waals surface area contributed by atoms with Crippen LogP contribution < -0.4 is 20.1 Å². The maximum absolute atomic E-state index is 12.2. The molecule has 0 fully saturated rings. The van der Waals surface area contributed by atoms with Gasteiger partial charge in [0, 0.05) is 11.4 Å². The first-order valence-electron chi connectivity index (χ1n) is 6.75. The second-order valence-electron chi connectivity index (χ2n) is 4.72. The summed E-state index contributed by atoms with van der Waals surface area (Å²) in [6, 6.07) is 4.92. The van der Waals surface area contributed by atoms with E-state index in [1.165, 1.54) is 11.3 Å². The highest BCUT2D eigenvalue weighted by atomic mass is 32.1. The number of rotatable bonds is 6. The Morgan fingerprint density at radius 1 is 1.32 bits per heavy atom. The van der Waals surface area contributed by atoms with E-state index in [2.05, 4.69) is 15.6 Å². The normalized spacial score (nSPS) is 11.6. The van der Waals surface area contributed by atoms with Gasteiger partial charge in [-0.25, -0.2) is 4.98 Å². The van der Waals surface area contributed by atoms with E-state index < -0.39 is 6.04 Å². The average Bonchev–Trinajstić information content (AvgIpc) is 2.92. The van der Waals surface area contributed by atoms with Gasteiger partial charge in [-0.3, -0.25) is 4.79 Å².